The van der Waals surface area contributed by atoms with Crippen LogP contribution in [-0.4, -0.2) is 9.78 Å². The Morgan fingerprint density at radius 1 is 1.31 bits per heavy atom. The summed E-state index contributed by atoms with van der Waals surface area (Å²) < 4.78 is 1.78. The van der Waals surface area contributed by atoms with Crippen molar-refractivity contribution >= 4 is 0 Å². The maximum atomic E-state index is 6.42. The molecule has 0 aliphatic heterocycles. The highest BCUT2D eigenvalue weighted by atomic mass is 15.2. The molecule has 84 valence electrons. The van der Waals surface area contributed by atoms with Gasteiger partial charge in [-0.1, -0.05) is 24.3 Å². The number of rotatable bonds is 2. The van der Waals surface area contributed by atoms with E-state index in [-0.39, 0.29) is 0 Å². The van der Waals surface area contributed by atoms with Crippen LogP contribution in [0.4, 0.5) is 0 Å². The fourth-order valence-electron chi connectivity index (χ4n) is 2.00. The van der Waals surface area contributed by atoms with Crippen molar-refractivity contribution in [1.29, 1.82) is 0 Å². The van der Waals surface area contributed by atoms with Gasteiger partial charge >= 0.3 is 0 Å². The Morgan fingerprint density at radius 3 is 2.56 bits per heavy atom. The molecule has 0 saturated carbocycles. The van der Waals surface area contributed by atoms with Crippen LogP contribution in [0.25, 0.3) is 0 Å². The predicted molar refractivity (Wildman–Crippen MR) is 65.0 cm³/mol. The molecule has 0 radical (unpaired) electrons. The molecule has 1 unspecified atom stereocenters. The third-order valence-corrected chi connectivity index (χ3v) is 3.01. The highest BCUT2D eigenvalue weighted by molar-refractivity contribution is 5.39. The van der Waals surface area contributed by atoms with Crippen LogP contribution in [0.1, 0.15) is 23.6 Å². The summed E-state index contributed by atoms with van der Waals surface area (Å²) in [6.45, 7) is 4.10. The number of benzene rings is 1. The van der Waals surface area contributed by atoms with Crippen molar-refractivity contribution in [2.45, 2.75) is 19.4 Å². The molecule has 1 heterocycles. The van der Waals surface area contributed by atoms with Gasteiger partial charge in [0.15, 0.2) is 0 Å². The van der Waals surface area contributed by atoms with E-state index < -0.39 is 5.54 Å². The quantitative estimate of drug-likeness (QED) is 0.832. The molecule has 1 aromatic carbocycles. The molecule has 16 heavy (non-hydrogen) atoms. The molecule has 0 bridgehead atoms. The van der Waals surface area contributed by atoms with E-state index >= 15 is 0 Å². The first-order chi connectivity index (χ1) is 7.51. The second-order valence-corrected chi connectivity index (χ2v) is 4.42. The molecule has 0 spiro atoms. The lowest BCUT2D eigenvalue weighted by atomic mass is 9.85. The number of aryl methyl sites for hydroxylation is 2. The van der Waals surface area contributed by atoms with Crippen molar-refractivity contribution in [2.75, 3.05) is 0 Å². The number of hydrogen-bond donors (Lipinski definition) is 1. The number of nitrogens with two attached hydrogens (primary N) is 1. The van der Waals surface area contributed by atoms with Crippen molar-refractivity contribution in [1.82, 2.24) is 9.78 Å². The van der Waals surface area contributed by atoms with Crippen LogP contribution in [0.5, 0.6) is 0 Å². The lowest BCUT2D eigenvalue weighted by Gasteiger charge is -2.25. The molecule has 0 amide bonds. The summed E-state index contributed by atoms with van der Waals surface area (Å²) in [5, 5.41) is 4.17. The summed E-state index contributed by atoms with van der Waals surface area (Å²) >= 11 is 0. The van der Waals surface area contributed by atoms with Crippen LogP contribution in [0, 0.1) is 6.92 Å². The highest BCUT2D eigenvalue weighted by Gasteiger charge is 2.26. The molecule has 1 atom stereocenters. The smallest absolute Gasteiger partial charge is 0.0670 e. The minimum absolute atomic E-state index is 0.487. The van der Waals surface area contributed by atoms with Crippen LogP contribution >= 0.6 is 0 Å². The first-order valence-electron chi connectivity index (χ1n) is 5.36. The highest BCUT2D eigenvalue weighted by Crippen LogP contribution is 2.28. The van der Waals surface area contributed by atoms with Crippen LogP contribution in [0.15, 0.2) is 36.7 Å². The van der Waals surface area contributed by atoms with E-state index in [0.717, 1.165) is 11.1 Å². The zero-order valence-corrected chi connectivity index (χ0v) is 9.94. The lowest BCUT2D eigenvalue weighted by Crippen LogP contribution is -2.34. The molecule has 1 aromatic heterocycles. The van der Waals surface area contributed by atoms with E-state index in [1.165, 1.54) is 5.56 Å². The Hall–Kier alpha value is -1.61. The van der Waals surface area contributed by atoms with E-state index in [1.54, 1.807) is 4.68 Å². The molecule has 2 N–H and O–H groups in total. The van der Waals surface area contributed by atoms with Gasteiger partial charge in [0.05, 0.1) is 11.7 Å². The maximum absolute atomic E-state index is 6.42. The van der Waals surface area contributed by atoms with E-state index in [1.807, 2.05) is 38.5 Å². The molecule has 2 rings (SSSR count). The van der Waals surface area contributed by atoms with Crippen LogP contribution in [0.3, 0.4) is 0 Å². The average molecular weight is 215 g/mol. The molecular formula is C13H17N3. The van der Waals surface area contributed by atoms with Gasteiger partial charge in [0.1, 0.15) is 0 Å². The van der Waals surface area contributed by atoms with Crippen molar-refractivity contribution in [3.63, 3.8) is 0 Å². The topological polar surface area (TPSA) is 43.8 Å². The molecule has 0 saturated heterocycles. The van der Waals surface area contributed by atoms with Gasteiger partial charge in [-0.05, 0) is 25.0 Å². The Balaban J connectivity index is 2.50. The summed E-state index contributed by atoms with van der Waals surface area (Å²) in [5.41, 5.74) is 9.31. The van der Waals surface area contributed by atoms with Crippen molar-refractivity contribution < 1.29 is 0 Å². The van der Waals surface area contributed by atoms with Gasteiger partial charge < -0.3 is 5.73 Å². The van der Waals surface area contributed by atoms with Gasteiger partial charge in [-0.15, -0.1) is 0 Å². The molecule has 2 aromatic rings. The minimum Gasteiger partial charge on any atom is -0.318 e. The van der Waals surface area contributed by atoms with Gasteiger partial charge in [-0.3, -0.25) is 4.68 Å². The van der Waals surface area contributed by atoms with E-state index in [9.17, 15) is 0 Å². The number of aromatic nitrogens is 2. The van der Waals surface area contributed by atoms with Crippen LogP contribution < -0.4 is 5.73 Å². The Bertz CT molecular complexity index is 497. The lowest BCUT2D eigenvalue weighted by molar-refractivity contribution is 0.598. The summed E-state index contributed by atoms with van der Waals surface area (Å²) in [7, 11) is 1.90. The molecule has 0 aliphatic carbocycles. The van der Waals surface area contributed by atoms with E-state index in [0.29, 0.717) is 0 Å². The van der Waals surface area contributed by atoms with Crippen molar-refractivity contribution in [3.05, 3.63) is 53.3 Å². The maximum Gasteiger partial charge on any atom is 0.0670 e. The fraction of sp³-hybridized carbons (Fsp3) is 0.308. The average Bonchev–Trinajstić information content (AvgIpc) is 2.66. The van der Waals surface area contributed by atoms with Crippen molar-refractivity contribution in [3.8, 4) is 0 Å². The van der Waals surface area contributed by atoms with Gasteiger partial charge in [0, 0.05) is 18.8 Å². The zero-order valence-electron chi connectivity index (χ0n) is 9.94. The Morgan fingerprint density at radius 2 is 2.00 bits per heavy atom. The van der Waals surface area contributed by atoms with Gasteiger partial charge in [0.25, 0.3) is 0 Å². The number of nitrogens with zero attached hydrogens (tertiary/aromatic N) is 2. The summed E-state index contributed by atoms with van der Waals surface area (Å²) in [4.78, 5) is 0. The standard InChI is InChI=1S/C13H17N3/c1-10-6-4-5-7-12(10)13(2,14)11-8-15-16(3)9-11/h4-9H,14H2,1-3H3. The zero-order chi connectivity index (χ0) is 11.8. The summed E-state index contributed by atoms with van der Waals surface area (Å²) in [5.74, 6) is 0. The first-order valence-corrected chi connectivity index (χ1v) is 5.36. The second-order valence-electron chi connectivity index (χ2n) is 4.42. The van der Waals surface area contributed by atoms with Crippen LogP contribution in [0.2, 0.25) is 0 Å². The third-order valence-electron chi connectivity index (χ3n) is 3.01. The second kappa shape index (κ2) is 3.76. The van der Waals surface area contributed by atoms with Crippen molar-refractivity contribution in [2.24, 2.45) is 12.8 Å². The fourth-order valence-corrected chi connectivity index (χ4v) is 2.00. The SMILES string of the molecule is Cc1ccccc1C(C)(N)c1cnn(C)c1. The van der Waals surface area contributed by atoms with E-state index in [2.05, 4.69) is 24.2 Å². The van der Waals surface area contributed by atoms with Gasteiger partial charge in [-0.2, -0.15) is 5.10 Å². The largest absolute Gasteiger partial charge is 0.318 e. The molecule has 0 fully saturated rings. The van der Waals surface area contributed by atoms with Crippen LogP contribution in [-0.2, 0) is 12.6 Å². The summed E-state index contributed by atoms with van der Waals surface area (Å²) in [6.07, 6.45) is 3.79. The van der Waals surface area contributed by atoms with Gasteiger partial charge in [-0.25, -0.2) is 0 Å². The molecule has 3 nitrogen and oxygen atoms in total. The molecule has 3 heteroatoms. The first kappa shape index (κ1) is 10.9. The number of hydrogen-bond acceptors (Lipinski definition) is 2. The van der Waals surface area contributed by atoms with Gasteiger partial charge in [0.2, 0.25) is 0 Å². The normalized spacial score (nSPS) is 14.8. The monoisotopic (exact) mass is 215 g/mol. The molecular weight excluding hydrogens is 198 g/mol. The molecule has 0 aliphatic rings. The third kappa shape index (κ3) is 1.74. The van der Waals surface area contributed by atoms with E-state index in [4.69, 9.17) is 5.73 Å². The Labute approximate surface area is 95.9 Å². The Kier molecular flexibility index (Phi) is 2.56. The minimum atomic E-state index is -0.487. The predicted octanol–water partition coefficient (Wildman–Crippen LogP) is 1.95. The summed E-state index contributed by atoms with van der Waals surface area (Å²) in [6, 6.07) is 8.20.